The van der Waals surface area contributed by atoms with Crippen molar-refractivity contribution < 1.29 is 18.7 Å². The molecule has 0 spiro atoms. The molecule has 0 aromatic heterocycles. The van der Waals surface area contributed by atoms with Gasteiger partial charge in [-0.3, -0.25) is 4.79 Å². The van der Waals surface area contributed by atoms with Gasteiger partial charge in [0.05, 0.1) is 7.11 Å². The third-order valence-corrected chi connectivity index (χ3v) is 4.51. The fourth-order valence-electron chi connectivity index (χ4n) is 3.01. The molecule has 0 bridgehead atoms. The first-order valence-corrected chi connectivity index (χ1v) is 8.75. The summed E-state index contributed by atoms with van der Waals surface area (Å²) in [6.07, 6.45) is 0.357. The Morgan fingerprint density at radius 1 is 1.15 bits per heavy atom. The molecule has 7 heteroatoms. The number of carbonyl (C=O) groups is 2. The summed E-state index contributed by atoms with van der Waals surface area (Å²) in [7, 11) is 1.60. The molecule has 1 saturated heterocycles. The Morgan fingerprint density at radius 2 is 1.85 bits per heavy atom. The first kappa shape index (κ1) is 18.7. The van der Waals surface area contributed by atoms with Crippen LogP contribution >= 0.6 is 0 Å². The van der Waals surface area contributed by atoms with E-state index in [2.05, 4.69) is 10.6 Å². The number of benzene rings is 2. The lowest BCUT2D eigenvalue weighted by molar-refractivity contribution is -0.117. The molecule has 1 atom stereocenters. The molecule has 2 aromatic rings. The fraction of sp³-hybridized carbons (Fsp3) is 0.300. The van der Waals surface area contributed by atoms with Crippen molar-refractivity contribution in [2.24, 2.45) is 5.92 Å². The lowest BCUT2D eigenvalue weighted by Gasteiger charge is -2.17. The number of carbonyl (C=O) groups excluding carboxylic acids is 2. The number of ether oxygens (including phenoxy) is 1. The van der Waals surface area contributed by atoms with Gasteiger partial charge in [0.25, 0.3) is 0 Å². The number of anilines is 1. The van der Waals surface area contributed by atoms with Crippen molar-refractivity contribution in [3.05, 3.63) is 59.9 Å². The molecular formula is C20H22FN3O3. The van der Waals surface area contributed by atoms with Crippen molar-refractivity contribution in [3.63, 3.8) is 0 Å². The largest absolute Gasteiger partial charge is 0.497 e. The van der Waals surface area contributed by atoms with Crippen molar-refractivity contribution in [1.29, 1.82) is 0 Å². The molecule has 2 aromatic carbocycles. The van der Waals surface area contributed by atoms with E-state index in [0.29, 0.717) is 31.7 Å². The smallest absolute Gasteiger partial charge is 0.315 e. The maximum absolute atomic E-state index is 13.0. The van der Waals surface area contributed by atoms with Crippen molar-refractivity contribution in [1.82, 2.24) is 10.6 Å². The van der Waals surface area contributed by atoms with Gasteiger partial charge >= 0.3 is 6.03 Å². The predicted molar refractivity (Wildman–Crippen MR) is 100 cm³/mol. The van der Waals surface area contributed by atoms with Crippen LogP contribution in [0.2, 0.25) is 0 Å². The molecule has 3 rings (SSSR count). The summed E-state index contributed by atoms with van der Waals surface area (Å²) in [6.45, 7) is 1.31. The highest BCUT2D eigenvalue weighted by molar-refractivity contribution is 5.95. The first-order chi connectivity index (χ1) is 13.0. The molecule has 142 valence electrons. The topological polar surface area (TPSA) is 70.7 Å². The minimum atomic E-state index is -0.336. The number of urea groups is 1. The number of rotatable bonds is 6. The van der Waals surface area contributed by atoms with Crippen LogP contribution in [-0.4, -0.2) is 32.1 Å². The molecule has 2 N–H and O–H groups in total. The lowest BCUT2D eigenvalue weighted by atomic mass is 10.1. The number of nitrogens with zero attached hydrogens (tertiary/aromatic N) is 1. The van der Waals surface area contributed by atoms with Crippen LogP contribution in [0.15, 0.2) is 48.5 Å². The van der Waals surface area contributed by atoms with E-state index in [1.54, 1.807) is 24.1 Å². The van der Waals surface area contributed by atoms with Gasteiger partial charge in [-0.05, 0) is 42.0 Å². The summed E-state index contributed by atoms with van der Waals surface area (Å²) < 4.78 is 18.1. The third-order valence-electron chi connectivity index (χ3n) is 4.51. The van der Waals surface area contributed by atoms with Crippen LogP contribution in [0.5, 0.6) is 5.75 Å². The van der Waals surface area contributed by atoms with E-state index in [4.69, 9.17) is 4.74 Å². The molecule has 3 amide bonds. The van der Waals surface area contributed by atoms with E-state index in [1.807, 2.05) is 24.3 Å². The highest BCUT2D eigenvalue weighted by atomic mass is 19.1. The number of halogens is 1. The van der Waals surface area contributed by atoms with Gasteiger partial charge in [-0.15, -0.1) is 0 Å². The van der Waals surface area contributed by atoms with E-state index in [-0.39, 0.29) is 23.7 Å². The number of nitrogens with one attached hydrogen (secondary N) is 2. The Hall–Kier alpha value is -3.09. The Morgan fingerprint density at radius 3 is 2.52 bits per heavy atom. The van der Waals surface area contributed by atoms with Crippen molar-refractivity contribution >= 4 is 17.6 Å². The summed E-state index contributed by atoms with van der Waals surface area (Å²) in [5, 5.41) is 5.60. The number of methoxy groups -OCH3 is 1. The van der Waals surface area contributed by atoms with Gasteiger partial charge in [-0.2, -0.15) is 0 Å². The zero-order valence-electron chi connectivity index (χ0n) is 15.1. The van der Waals surface area contributed by atoms with Crippen LogP contribution in [0.3, 0.4) is 0 Å². The molecule has 1 aliphatic heterocycles. The van der Waals surface area contributed by atoms with Crippen molar-refractivity contribution in [2.75, 3.05) is 25.1 Å². The van der Waals surface area contributed by atoms with Crippen LogP contribution in [0.1, 0.15) is 12.0 Å². The van der Waals surface area contributed by atoms with Gasteiger partial charge in [0.15, 0.2) is 0 Å². The Balaban J connectivity index is 1.43. The molecule has 0 saturated carbocycles. The van der Waals surface area contributed by atoms with Gasteiger partial charge in [0, 0.05) is 37.7 Å². The monoisotopic (exact) mass is 371 g/mol. The van der Waals surface area contributed by atoms with Gasteiger partial charge in [-0.1, -0.05) is 12.1 Å². The zero-order valence-corrected chi connectivity index (χ0v) is 15.1. The molecule has 1 heterocycles. The summed E-state index contributed by atoms with van der Waals surface area (Å²) in [5.41, 5.74) is 1.64. The third kappa shape index (κ3) is 4.97. The average Bonchev–Trinajstić information content (AvgIpc) is 3.06. The van der Waals surface area contributed by atoms with Gasteiger partial charge in [-0.25, -0.2) is 9.18 Å². The highest BCUT2D eigenvalue weighted by Gasteiger charge is 2.30. The van der Waals surface area contributed by atoms with E-state index >= 15 is 0 Å². The summed E-state index contributed by atoms with van der Waals surface area (Å²) in [5.74, 6) is 0.429. The van der Waals surface area contributed by atoms with Crippen LogP contribution < -0.4 is 20.3 Å². The van der Waals surface area contributed by atoms with Gasteiger partial charge in [0.2, 0.25) is 5.91 Å². The molecular weight excluding hydrogens is 349 g/mol. The molecule has 1 aliphatic rings. The minimum absolute atomic E-state index is 0.0213. The molecule has 0 unspecified atom stereocenters. The fourth-order valence-corrected chi connectivity index (χ4v) is 3.01. The Labute approximate surface area is 157 Å². The molecule has 1 fully saturated rings. The second kappa shape index (κ2) is 8.53. The van der Waals surface area contributed by atoms with E-state index < -0.39 is 0 Å². The van der Waals surface area contributed by atoms with Crippen LogP contribution in [-0.2, 0) is 11.3 Å². The number of hydrogen-bond donors (Lipinski definition) is 2. The van der Waals surface area contributed by atoms with Crippen molar-refractivity contribution in [3.8, 4) is 5.75 Å². The number of amides is 3. The van der Waals surface area contributed by atoms with Gasteiger partial charge in [0.1, 0.15) is 11.6 Å². The van der Waals surface area contributed by atoms with E-state index in [0.717, 1.165) is 11.3 Å². The van der Waals surface area contributed by atoms with Crippen molar-refractivity contribution in [2.45, 2.75) is 13.0 Å². The zero-order chi connectivity index (χ0) is 19.2. The second-order valence-corrected chi connectivity index (χ2v) is 6.46. The standard InChI is InChI=1S/C20H22FN3O3/c1-27-18-8-2-14(3-9-18)11-22-20(26)23-12-15-10-19(25)24(13-15)17-6-4-16(21)5-7-17/h2-9,15H,10-13H2,1H3,(H2,22,23,26)/t15-/m0/s1. The molecule has 0 radical (unpaired) electrons. The summed E-state index contributed by atoms with van der Waals surface area (Å²) in [4.78, 5) is 25.8. The second-order valence-electron chi connectivity index (χ2n) is 6.46. The minimum Gasteiger partial charge on any atom is -0.497 e. The molecule has 0 aliphatic carbocycles. The molecule has 6 nitrogen and oxygen atoms in total. The molecule has 27 heavy (non-hydrogen) atoms. The van der Waals surface area contributed by atoms with Gasteiger partial charge < -0.3 is 20.3 Å². The predicted octanol–water partition coefficient (Wildman–Crippen LogP) is 2.69. The quantitative estimate of drug-likeness (QED) is 0.820. The SMILES string of the molecule is COc1ccc(CNC(=O)NC[C@@H]2CC(=O)N(c3ccc(F)cc3)C2)cc1. The number of hydrogen-bond acceptors (Lipinski definition) is 3. The van der Waals surface area contributed by atoms with Crippen LogP contribution in [0.25, 0.3) is 0 Å². The summed E-state index contributed by atoms with van der Waals surface area (Å²) >= 11 is 0. The van der Waals surface area contributed by atoms with E-state index in [9.17, 15) is 14.0 Å². The normalized spacial score (nSPS) is 16.3. The highest BCUT2D eigenvalue weighted by Crippen LogP contribution is 2.24. The Bertz CT molecular complexity index is 793. The lowest BCUT2D eigenvalue weighted by Crippen LogP contribution is -2.38. The van der Waals surface area contributed by atoms with Crippen LogP contribution in [0.4, 0.5) is 14.9 Å². The van der Waals surface area contributed by atoms with E-state index in [1.165, 1.54) is 12.1 Å². The average molecular weight is 371 g/mol. The van der Waals surface area contributed by atoms with Crippen LogP contribution in [0, 0.1) is 11.7 Å². The maximum Gasteiger partial charge on any atom is 0.315 e. The summed E-state index contributed by atoms with van der Waals surface area (Å²) in [6, 6.07) is 13.0. The Kier molecular flexibility index (Phi) is 5.90. The maximum atomic E-state index is 13.0. The first-order valence-electron chi connectivity index (χ1n) is 8.75.